The Hall–Kier alpha value is -2.75. The average Bonchev–Trinajstić information content (AvgIpc) is 2.88. The van der Waals surface area contributed by atoms with Gasteiger partial charge in [-0.05, 0) is 75.9 Å². The Morgan fingerprint density at radius 1 is 1.00 bits per heavy atom. The summed E-state index contributed by atoms with van der Waals surface area (Å²) in [6.45, 7) is 9.47. The van der Waals surface area contributed by atoms with E-state index in [9.17, 15) is 9.59 Å². The van der Waals surface area contributed by atoms with E-state index in [1.54, 1.807) is 14.2 Å². The lowest BCUT2D eigenvalue weighted by molar-refractivity contribution is -0.116. The standard InChI is InChI=1S/C26H36BrN3O2.C2H6O.CH3NO/c1-4-17-29(18-8-11-22-9-6-5-7-10-22)19-16-26(2,3)28-25(32)30(21-31)20-23-12-14-24(27)15-13-23;1-3-2;2-1-3/h5-7,9-10,12-15,21H,4,8,11,16-20H2,1-3H3,(H,28,32);1-2H3;1H,(H2,2,3). The van der Waals surface area contributed by atoms with Gasteiger partial charge in [-0.25, -0.2) is 4.79 Å². The number of rotatable bonds is 13. The summed E-state index contributed by atoms with van der Waals surface area (Å²) in [5, 5.41) is 3.04. The van der Waals surface area contributed by atoms with Crippen molar-refractivity contribution >= 4 is 34.8 Å². The third-order valence-corrected chi connectivity index (χ3v) is 6.00. The van der Waals surface area contributed by atoms with Gasteiger partial charge in [0.2, 0.25) is 12.8 Å². The zero-order valence-electron chi connectivity index (χ0n) is 23.5. The number of nitrogens with one attached hydrogen (secondary N) is 1. The summed E-state index contributed by atoms with van der Waals surface area (Å²) in [6, 6.07) is 17.8. The van der Waals surface area contributed by atoms with Crippen molar-refractivity contribution in [2.45, 2.75) is 58.5 Å². The van der Waals surface area contributed by atoms with E-state index in [4.69, 9.17) is 4.79 Å². The van der Waals surface area contributed by atoms with Gasteiger partial charge in [0.05, 0.1) is 6.54 Å². The zero-order chi connectivity index (χ0) is 28.8. The molecule has 0 saturated carbocycles. The Bertz CT molecular complexity index is 895. The number of benzene rings is 2. The molecule has 2 rings (SSSR count). The SMILES string of the molecule is CCCN(CCCc1ccccc1)CCC(C)(C)NC(=O)N(C=O)Cc1ccc(Br)cc1.COC.NC=O. The largest absolute Gasteiger partial charge is 0.388 e. The van der Waals surface area contributed by atoms with Crippen LogP contribution in [0.5, 0.6) is 0 Å². The van der Waals surface area contributed by atoms with Crippen molar-refractivity contribution in [3.63, 3.8) is 0 Å². The Morgan fingerprint density at radius 3 is 2.11 bits per heavy atom. The van der Waals surface area contributed by atoms with Crippen molar-refractivity contribution in [1.82, 2.24) is 15.1 Å². The highest BCUT2D eigenvalue weighted by molar-refractivity contribution is 9.10. The Kier molecular flexibility index (Phi) is 19.7. The van der Waals surface area contributed by atoms with Crippen LogP contribution in [0.25, 0.3) is 0 Å². The number of amides is 4. The third-order valence-electron chi connectivity index (χ3n) is 5.48. The van der Waals surface area contributed by atoms with Crippen molar-refractivity contribution < 1.29 is 19.1 Å². The molecule has 0 spiro atoms. The number of nitrogens with zero attached hydrogens (tertiary/aromatic N) is 2. The highest BCUT2D eigenvalue weighted by Gasteiger charge is 2.24. The fourth-order valence-corrected chi connectivity index (χ4v) is 3.87. The third kappa shape index (κ3) is 16.9. The minimum atomic E-state index is -0.413. The van der Waals surface area contributed by atoms with E-state index >= 15 is 0 Å². The molecule has 2 aromatic carbocycles. The molecule has 38 heavy (non-hydrogen) atoms. The summed E-state index contributed by atoms with van der Waals surface area (Å²) in [6.07, 6.45) is 4.95. The fourth-order valence-electron chi connectivity index (χ4n) is 3.61. The summed E-state index contributed by atoms with van der Waals surface area (Å²) in [4.78, 5) is 36.5. The molecule has 0 radical (unpaired) electrons. The van der Waals surface area contributed by atoms with Crippen molar-refractivity contribution in [2.75, 3.05) is 33.9 Å². The summed E-state index contributed by atoms with van der Waals surface area (Å²) in [5.41, 5.74) is 6.03. The molecule has 0 atom stereocenters. The van der Waals surface area contributed by atoms with E-state index in [1.807, 2.05) is 44.2 Å². The van der Waals surface area contributed by atoms with Gasteiger partial charge in [-0.2, -0.15) is 0 Å². The van der Waals surface area contributed by atoms with E-state index < -0.39 is 5.54 Å². The predicted molar refractivity (Wildman–Crippen MR) is 158 cm³/mol. The van der Waals surface area contributed by atoms with Crippen LogP contribution >= 0.6 is 15.9 Å². The molecule has 2 aromatic rings. The molecule has 0 aliphatic carbocycles. The molecule has 0 aliphatic heterocycles. The molecule has 3 N–H and O–H groups in total. The second kappa shape index (κ2) is 21.2. The smallest absolute Gasteiger partial charge is 0.324 e. The molecule has 0 bridgehead atoms. The fraction of sp³-hybridized carbons (Fsp3) is 0.483. The van der Waals surface area contributed by atoms with Crippen LogP contribution in [0.2, 0.25) is 0 Å². The molecule has 8 nitrogen and oxygen atoms in total. The number of methoxy groups -OCH3 is 1. The normalized spacial score (nSPS) is 10.4. The summed E-state index contributed by atoms with van der Waals surface area (Å²) < 4.78 is 5.21. The van der Waals surface area contributed by atoms with Crippen LogP contribution in [0.1, 0.15) is 51.2 Å². The maximum atomic E-state index is 12.7. The molecular formula is C29H45BrN4O4. The molecule has 4 amide bonds. The number of hydrogen-bond donors (Lipinski definition) is 2. The number of carbonyl (C=O) groups excluding carboxylic acids is 3. The van der Waals surface area contributed by atoms with Crippen LogP contribution in [-0.4, -0.2) is 68.0 Å². The van der Waals surface area contributed by atoms with Crippen LogP contribution in [0, 0.1) is 0 Å². The predicted octanol–water partition coefficient (Wildman–Crippen LogP) is 4.99. The van der Waals surface area contributed by atoms with Gasteiger partial charge in [-0.1, -0.05) is 65.3 Å². The van der Waals surface area contributed by atoms with Crippen molar-refractivity contribution in [1.29, 1.82) is 0 Å². The lowest BCUT2D eigenvalue weighted by atomic mass is 10.00. The van der Waals surface area contributed by atoms with E-state index in [0.717, 1.165) is 55.4 Å². The minimum absolute atomic E-state index is 0.250. The molecule has 212 valence electrons. The monoisotopic (exact) mass is 592 g/mol. The van der Waals surface area contributed by atoms with Crippen LogP contribution in [0.3, 0.4) is 0 Å². The first kappa shape index (κ1) is 35.2. The highest BCUT2D eigenvalue weighted by Crippen LogP contribution is 2.14. The molecule has 0 aromatic heterocycles. The number of primary amides is 1. The Balaban J connectivity index is 0.00000208. The first-order chi connectivity index (χ1) is 18.2. The zero-order valence-corrected chi connectivity index (χ0v) is 25.1. The molecular weight excluding hydrogens is 548 g/mol. The minimum Gasteiger partial charge on any atom is -0.388 e. The number of aryl methyl sites for hydroxylation is 1. The van der Waals surface area contributed by atoms with Crippen molar-refractivity contribution in [3.05, 3.63) is 70.2 Å². The summed E-state index contributed by atoms with van der Waals surface area (Å²) in [5.74, 6) is 0. The topological polar surface area (TPSA) is 105 Å². The van der Waals surface area contributed by atoms with Crippen LogP contribution < -0.4 is 11.1 Å². The number of carbonyl (C=O) groups is 3. The average molecular weight is 594 g/mol. The number of ether oxygens (including phenoxy) is 1. The molecule has 0 aliphatic rings. The van der Waals surface area contributed by atoms with Crippen molar-refractivity contribution in [2.24, 2.45) is 5.73 Å². The lowest BCUT2D eigenvalue weighted by Gasteiger charge is -2.31. The number of nitrogens with two attached hydrogens (primary N) is 1. The maximum absolute atomic E-state index is 12.7. The highest BCUT2D eigenvalue weighted by atomic mass is 79.9. The summed E-state index contributed by atoms with van der Waals surface area (Å²) >= 11 is 3.40. The van der Waals surface area contributed by atoms with Crippen LogP contribution in [-0.2, 0) is 27.3 Å². The van der Waals surface area contributed by atoms with E-state index in [2.05, 4.69) is 67.8 Å². The van der Waals surface area contributed by atoms with Gasteiger partial charge >= 0.3 is 6.03 Å². The van der Waals surface area contributed by atoms with Crippen LogP contribution in [0.4, 0.5) is 4.79 Å². The molecule has 9 heteroatoms. The number of urea groups is 1. The van der Waals surface area contributed by atoms with E-state index in [1.165, 1.54) is 10.5 Å². The van der Waals surface area contributed by atoms with Crippen LogP contribution in [0.15, 0.2) is 59.1 Å². The van der Waals surface area contributed by atoms with Crippen molar-refractivity contribution in [3.8, 4) is 0 Å². The van der Waals surface area contributed by atoms with Gasteiger partial charge < -0.3 is 20.7 Å². The quantitative estimate of drug-likeness (QED) is 0.319. The van der Waals surface area contributed by atoms with E-state index in [0.29, 0.717) is 6.41 Å². The number of halogens is 1. The lowest BCUT2D eigenvalue weighted by Crippen LogP contribution is -2.50. The van der Waals surface area contributed by atoms with Gasteiger partial charge in [0.15, 0.2) is 0 Å². The van der Waals surface area contributed by atoms with Gasteiger partial charge in [-0.3, -0.25) is 14.5 Å². The molecule has 0 unspecified atom stereocenters. The van der Waals surface area contributed by atoms with Gasteiger partial charge in [-0.15, -0.1) is 0 Å². The Morgan fingerprint density at radius 2 is 1.58 bits per heavy atom. The van der Waals surface area contributed by atoms with Gasteiger partial charge in [0.1, 0.15) is 0 Å². The number of hydrogen-bond acceptors (Lipinski definition) is 5. The number of imide groups is 1. The molecule has 0 saturated heterocycles. The van der Waals surface area contributed by atoms with Gasteiger partial charge in [0, 0.05) is 30.8 Å². The maximum Gasteiger partial charge on any atom is 0.324 e. The first-order valence-electron chi connectivity index (χ1n) is 12.8. The first-order valence-corrected chi connectivity index (χ1v) is 13.6. The van der Waals surface area contributed by atoms with E-state index in [-0.39, 0.29) is 19.0 Å². The molecule has 0 fully saturated rings. The second-order valence-electron chi connectivity index (χ2n) is 9.40. The van der Waals surface area contributed by atoms with Gasteiger partial charge in [0.25, 0.3) is 0 Å². The second-order valence-corrected chi connectivity index (χ2v) is 10.3. The molecule has 0 heterocycles. The summed E-state index contributed by atoms with van der Waals surface area (Å²) in [7, 11) is 3.25. The Labute approximate surface area is 237 Å².